The molecule has 0 bridgehead atoms. The lowest BCUT2D eigenvalue weighted by molar-refractivity contribution is -0.155. The number of anilines is 1. The molecule has 1 aromatic carbocycles. The van der Waals surface area contributed by atoms with Gasteiger partial charge in [0.15, 0.2) is 0 Å². The van der Waals surface area contributed by atoms with Gasteiger partial charge < -0.3 is 25.4 Å². The Morgan fingerprint density at radius 1 is 1.12 bits per heavy atom. The standard InChI is InChI=1S/C24H26N4O5/c29-20-13-18(24(32)33-20)27-22(30)19-10-9-15-6-2-4-8-17(23(31)28(15)19)26-21-16-7-3-1-5-14(16)11-12-25-21/h1-5,7,11-12,15,17-19,24,32H,6,8-10,13H2,(H,25,26)(H,27,30)/b4-2-. The number of cyclic esters (lactones) is 1. The normalized spacial score (nSPS) is 30.3. The smallest absolute Gasteiger partial charge is 0.310 e. The Balaban J connectivity index is 1.37. The zero-order chi connectivity index (χ0) is 22.9. The maximum atomic E-state index is 13.7. The Labute approximate surface area is 190 Å². The first kappa shape index (κ1) is 21.4. The highest BCUT2D eigenvalue weighted by Gasteiger charge is 2.45. The van der Waals surface area contributed by atoms with E-state index in [4.69, 9.17) is 4.74 Å². The van der Waals surface area contributed by atoms with Gasteiger partial charge in [0.2, 0.25) is 18.1 Å². The molecule has 3 aliphatic rings. The summed E-state index contributed by atoms with van der Waals surface area (Å²) in [5.41, 5.74) is 0. The predicted molar refractivity (Wildman–Crippen MR) is 120 cm³/mol. The van der Waals surface area contributed by atoms with E-state index in [9.17, 15) is 19.5 Å². The molecule has 2 saturated heterocycles. The average molecular weight is 450 g/mol. The minimum absolute atomic E-state index is 0.0824. The van der Waals surface area contributed by atoms with Gasteiger partial charge in [-0.25, -0.2) is 4.98 Å². The number of aromatic nitrogens is 1. The number of hydrogen-bond donors (Lipinski definition) is 3. The van der Waals surface area contributed by atoms with Gasteiger partial charge in [0.05, 0.1) is 6.42 Å². The maximum absolute atomic E-state index is 13.7. The number of nitrogens with zero attached hydrogens (tertiary/aromatic N) is 2. The largest absolute Gasteiger partial charge is 0.434 e. The molecule has 5 unspecified atom stereocenters. The molecule has 4 heterocycles. The first-order chi connectivity index (χ1) is 16.0. The quantitative estimate of drug-likeness (QED) is 0.477. The third kappa shape index (κ3) is 4.16. The molecular weight excluding hydrogens is 424 g/mol. The van der Waals surface area contributed by atoms with Gasteiger partial charge in [0.25, 0.3) is 0 Å². The predicted octanol–water partition coefficient (Wildman–Crippen LogP) is 1.47. The number of hydrogen-bond acceptors (Lipinski definition) is 7. The van der Waals surface area contributed by atoms with Crippen molar-refractivity contribution in [3.63, 3.8) is 0 Å². The van der Waals surface area contributed by atoms with E-state index >= 15 is 0 Å². The summed E-state index contributed by atoms with van der Waals surface area (Å²) in [4.78, 5) is 44.3. The number of nitrogens with one attached hydrogen (secondary N) is 2. The molecule has 3 N–H and O–H groups in total. The Hall–Kier alpha value is -3.46. The summed E-state index contributed by atoms with van der Waals surface area (Å²) in [5, 5.41) is 17.8. The molecule has 0 spiro atoms. The topological polar surface area (TPSA) is 121 Å². The second-order valence-corrected chi connectivity index (χ2v) is 8.71. The van der Waals surface area contributed by atoms with Crippen LogP contribution in [0.2, 0.25) is 0 Å². The molecule has 0 saturated carbocycles. The lowest BCUT2D eigenvalue weighted by Gasteiger charge is -2.34. The minimum atomic E-state index is -1.36. The van der Waals surface area contributed by atoms with Gasteiger partial charge in [-0.3, -0.25) is 14.4 Å². The lowest BCUT2D eigenvalue weighted by atomic mass is 10.0. The second kappa shape index (κ2) is 8.82. The number of amides is 2. The van der Waals surface area contributed by atoms with E-state index in [0.29, 0.717) is 31.5 Å². The van der Waals surface area contributed by atoms with Gasteiger partial charge in [0, 0.05) is 17.6 Å². The molecule has 172 valence electrons. The Kier molecular flexibility index (Phi) is 5.72. The molecule has 5 atom stereocenters. The van der Waals surface area contributed by atoms with E-state index in [-0.39, 0.29) is 24.3 Å². The number of rotatable bonds is 4. The van der Waals surface area contributed by atoms with Crippen molar-refractivity contribution in [1.29, 1.82) is 0 Å². The van der Waals surface area contributed by atoms with Crippen molar-refractivity contribution >= 4 is 34.4 Å². The van der Waals surface area contributed by atoms with Crippen LogP contribution in [0.4, 0.5) is 5.82 Å². The van der Waals surface area contributed by atoms with Crippen molar-refractivity contribution in [1.82, 2.24) is 15.2 Å². The van der Waals surface area contributed by atoms with Gasteiger partial charge in [-0.1, -0.05) is 36.4 Å². The van der Waals surface area contributed by atoms with Crippen molar-refractivity contribution in [2.24, 2.45) is 0 Å². The van der Waals surface area contributed by atoms with Gasteiger partial charge in [0.1, 0.15) is 23.9 Å². The number of esters is 1. The van der Waals surface area contributed by atoms with Crippen LogP contribution in [-0.4, -0.2) is 63.2 Å². The van der Waals surface area contributed by atoms with Crippen LogP contribution in [0.15, 0.2) is 48.7 Å². The van der Waals surface area contributed by atoms with Crippen molar-refractivity contribution < 1.29 is 24.2 Å². The molecule has 2 fully saturated rings. The van der Waals surface area contributed by atoms with Crippen LogP contribution in [0.1, 0.15) is 32.1 Å². The molecule has 1 aromatic heterocycles. The van der Waals surface area contributed by atoms with Crippen molar-refractivity contribution in [2.75, 3.05) is 5.32 Å². The fraction of sp³-hybridized carbons (Fsp3) is 0.417. The number of ether oxygens (including phenoxy) is 1. The van der Waals surface area contributed by atoms with Crippen molar-refractivity contribution in [3.05, 3.63) is 48.7 Å². The van der Waals surface area contributed by atoms with Crippen LogP contribution in [0.3, 0.4) is 0 Å². The number of carbonyl (C=O) groups excluding carboxylic acids is 3. The number of aliphatic hydroxyl groups excluding tert-OH is 1. The lowest BCUT2D eigenvalue weighted by Crippen LogP contribution is -2.55. The summed E-state index contributed by atoms with van der Waals surface area (Å²) in [6, 6.07) is 7.63. The summed E-state index contributed by atoms with van der Waals surface area (Å²) in [7, 11) is 0. The van der Waals surface area contributed by atoms with E-state index in [1.807, 2.05) is 36.4 Å². The fourth-order valence-corrected chi connectivity index (χ4v) is 4.94. The van der Waals surface area contributed by atoms with Crippen molar-refractivity contribution in [3.8, 4) is 0 Å². The van der Waals surface area contributed by atoms with E-state index in [0.717, 1.165) is 10.8 Å². The summed E-state index contributed by atoms with van der Waals surface area (Å²) in [5.74, 6) is -0.464. The maximum Gasteiger partial charge on any atom is 0.310 e. The SMILES string of the molecule is O=C1CC(NC(=O)C2CCC3C/C=C\CC(Nc4nccc5ccccc45)C(=O)N32)C(O)O1. The highest BCUT2D eigenvalue weighted by molar-refractivity contribution is 5.96. The molecule has 9 nitrogen and oxygen atoms in total. The number of fused-ring (bicyclic) bond motifs is 2. The number of aliphatic hydroxyl groups is 1. The van der Waals surface area contributed by atoms with Gasteiger partial charge in [-0.15, -0.1) is 0 Å². The molecular formula is C24H26N4O5. The first-order valence-corrected chi connectivity index (χ1v) is 11.3. The monoisotopic (exact) mass is 450 g/mol. The van der Waals surface area contributed by atoms with Crippen LogP contribution in [0, 0.1) is 0 Å². The number of benzene rings is 1. The van der Waals surface area contributed by atoms with Crippen LogP contribution in [-0.2, 0) is 19.1 Å². The van der Waals surface area contributed by atoms with E-state index < -0.39 is 30.4 Å². The molecule has 0 aliphatic carbocycles. The van der Waals surface area contributed by atoms with Crippen LogP contribution in [0.25, 0.3) is 10.8 Å². The number of carbonyl (C=O) groups is 3. The first-order valence-electron chi connectivity index (χ1n) is 11.3. The third-order valence-electron chi connectivity index (χ3n) is 6.60. The van der Waals surface area contributed by atoms with E-state index in [1.54, 1.807) is 11.1 Å². The number of pyridine rings is 1. The van der Waals surface area contributed by atoms with Gasteiger partial charge >= 0.3 is 5.97 Å². The minimum Gasteiger partial charge on any atom is -0.434 e. The summed E-state index contributed by atoms with van der Waals surface area (Å²) in [6.07, 6.45) is 6.70. The van der Waals surface area contributed by atoms with Crippen molar-refractivity contribution in [2.45, 2.75) is 62.6 Å². The summed E-state index contributed by atoms with van der Waals surface area (Å²) in [6.45, 7) is 0. The molecule has 2 aromatic rings. The Morgan fingerprint density at radius 2 is 1.94 bits per heavy atom. The fourth-order valence-electron chi connectivity index (χ4n) is 4.94. The molecule has 33 heavy (non-hydrogen) atoms. The molecule has 2 amide bonds. The average Bonchev–Trinajstić information content (AvgIpc) is 3.36. The van der Waals surface area contributed by atoms with Crippen LogP contribution in [0.5, 0.6) is 0 Å². The molecule has 3 aliphatic heterocycles. The summed E-state index contributed by atoms with van der Waals surface area (Å²) < 4.78 is 4.72. The molecule has 5 rings (SSSR count). The highest BCUT2D eigenvalue weighted by Crippen LogP contribution is 2.31. The van der Waals surface area contributed by atoms with Gasteiger partial charge in [-0.2, -0.15) is 0 Å². The third-order valence-corrected chi connectivity index (χ3v) is 6.60. The van der Waals surface area contributed by atoms with Crippen LogP contribution < -0.4 is 10.6 Å². The summed E-state index contributed by atoms with van der Waals surface area (Å²) >= 11 is 0. The molecule has 0 radical (unpaired) electrons. The Bertz CT molecular complexity index is 1110. The highest BCUT2D eigenvalue weighted by atomic mass is 16.6. The Morgan fingerprint density at radius 3 is 2.76 bits per heavy atom. The van der Waals surface area contributed by atoms with E-state index in [1.165, 1.54) is 0 Å². The second-order valence-electron chi connectivity index (χ2n) is 8.71. The van der Waals surface area contributed by atoms with Crippen LogP contribution >= 0.6 is 0 Å². The van der Waals surface area contributed by atoms with Gasteiger partial charge in [-0.05, 0) is 37.1 Å². The zero-order valence-electron chi connectivity index (χ0n) is 18.0. The zero-order valence-corrected chi connectivity index (χ0v) is 18.0. The molecule has 9 heteroatoms. The van der Waals surface area contributed by atoms with E-state index in [2.05, 4.69) is 21.7 Å².